The van der Waals surface area contributed by atoms with Crippen LogP contribution in [0.5, 0.6) is 0 Å². The average Bonchev–Trinajstić information content (AvgIpc) is 2.42. The number of halogens is 1. The second-order valence-corrected chi connectivity index (χ2v) is 5.08. The van der Waals surface area contributed by atoms with E-state index in [4.69, 9.17) is 10.5 Å². The van der Waals surface area contributed by atoms with Crippen molar-refractivity contribution in [2.75, 3.05) is 19.7 Å². The molecule has 106 valence electrons. The van der Waals surface area contributed by atoms with Crippen LogP contribution in [-0.4, -0.2) is 30.7 Å². The summed E-state index contributed by atoms with van der Waals surface area (Å²) in [7, 11) is 0. The molecule has 1 unspecified atom stereocenters. The van der Waals surface area contributed by atoms with Crippen LogP contribution in [0.4, 0.5) is 4.39 Å². The molecule has 0 saturated carbocycles. The average molecular weight is 266 g/mol. The summed E-state index contributed by atoms with van der Waals surface area (Å²) in [6, 6.07) is 5.24. The monoisotopic (exact) mass is 266 g/mol. The standard InChI is InChI=1S/C15H23FN2O/c1-2-19-14-4-3-7-18(11-14)10-12-5-6-15(16)13(8-12)9-17/h5-6,8,14H,2-4,7,9-11,17H2,1H3. The van der Waals surface area contributed by atoms with Crippen LogP contribution in [-0.2, 0) is 17.8 Å². The Kier molecular flexibility index (Phi) is 5.31. The topological polar surface area (TPSA) is 38.5 Å². The van der Waals surface area contributed by atoms with Gasteiger partial charge in [-0.2, -0.15) is 0 Å². The van der Waals surface area contributed by atoms with Gasteiger partial charge in [0.05, 0.1) is 6.10 Å². The first-order chi connectivity index (χ1) is 9.22. The van der Waals surface area contributed by atoms with Crippen LogP contribution >= 0.6 is 0 Å². The zero-order chi connectivity index (χ0) is 13.7. The fraction of sp³-hybridized carbons (Fsp3) is 0.600. The van der Waals surface area contributed by atoms with Crippen LogP contribution < -0.4 is 5.73 Å². The largest absolute Gasteiger partial charge is 0.377 e. The van der Waals surface area contributed by atoms with Gasteiger partial charge in [0.25, 0.3) is 0 Å². The Morgan fingerprint density at radius 2 is 2.32 bits per heavy atom. The summed E-state index contributed by atoms with van der Waals surface area (Å²) in [6.45, 7) is 5.94. The van der Waals surface area contributed by atoms with Crippen LogP contribution in [0.3, 0.4) is 0 Å². The highest BCUT2D eigenvalue weighted by atomic mass is 19.1. The number of likely N-dealkylation sites (tertiary alicyclic amines) is 1. The van der Waals surface area contributed by atoms with Crippen LogP contribution in [0.2, 0.25) is 0 Å². The number of piperidine rings is 1. The third-order valence-electron chi connectivity index (χ3n) is 3.60. The van der Waals surface area contributed by atoms with Gasteiger partial charge in [0.2, 0.25) is 0 Å². The molecule has 1 atom stereocenters. The molecule has 1 heterocycles. The van der Waals surface area contributed by atoms with E-state index in [9.17, 15) is 4.39 Å². The zero-order valence-electron chi connectivity index (χ0n) is 11.6. The highest BCUT2D eigenvalue weighted by Gasteiger charge is 2.20. The van der Waals surface area contributed by atoms with Crippen molar-refractivity contribution in [2.24, 2.45) is 5.73 Å². The number of hydrogen-bond donors (Lipinski definition) is 1. The first kappa shape index (κ1) is 14.4. The maximum atomic E-state index is 13.4. The Labute approximate surface area is 114 Å². The highest BCUT2D eigenvalue weighted by Crippen LogP contribution is 2.17. The third kappa shape index (κ3) is 4.00. The first-order valence-electron chi connectivity index (χ1n) is 7.04. The predicted octanol–water partition coefficient (Wildman–Crippen LogP) is 2.29. The molecule has 2 rings (SSSR count). The van der Waals surface area contributed by atoms with E-state index in [1.807, 2.05) is 19.1 Å². The second kappa shape index (κ2) is 6.98. The lowest BCUT2D eigenvalue weighted by molar-refractivity contribution is 0.00362. The fourth-order valence-electron chi connectivity index (χ4n) is 2.67. The molecular formula is C15H23FN2O. The maximum absolute atomic E-state index is 13.4. The number of nitrogens with two attached hydrogens (primary N) is 1. The lowest BCUT2D eigenvalue weighted by Crippen LogP contribution is -2.39. The number of rotatable bonds is 5. The molecule has 4 heteroatoms. The molecule has 1 aliphatic heterocycles. The van der Waals surface area contributed by atoms with Gasteiger partial charge in [-0.25, -0.2) is 4.39 Å². The normalized spacial score (nSPS) is 20.7. The molecule has 19 heavy (non-hydrogen) atoms. The van der Waals surface area contributed by atoms with Gasteiger partial charge in [-0.3, -0.25) is 4.90 Å². The van der Waals surface area contributed by atoms with Crippen LogP contribution in [0.15, 0.2) is 18.2 Å². The molecule has 3 nitrogen and oxygen atoms in total. The van der Waals surface area contributed by atoms with Crippen molar-refractivity contribution in [3.8, 4) is 0 Å². The summed E-state index contributed by atoms with van der Waals surface area (Å²) in [5.41, 5.74) is 7.26. The summed E-state index contributed by atoms with van der Waals surface area (Å²) in [5, 5.41) is 0. The quantitative estimate of drug-likeness (QED) is 0.888. The summed E-state index contributed by atoms with van der Waals surface area (Å²) in [6.07, 6.45) is 2.64. The van der Waals surface area contributed by atoms with Crippen LogP contribution in [0.25, 0.3) is 0 Å². The molecular weight excluding hydrogens is 243 g/mol. The molecule has 1 aromatic rings. The van der Waals surface area contributed by atoms with Crippen molar-refractivity contribution in [3.05, 3.63) is 35.1 Å². The minimum absolute atomic E-state index is 0.211. The van der Waals surface area contributed by atoms with Gasteiger partial charge < -0.3 is 10.5 Å². The zero-order valence-corrected chi connectivity index (χ0v) is 11.6. The number of benzene rings is 1. The van der Waals surface area contributed by atoms with Crippen molar-refractivity contribution in [1.29, 1.82) is 0 Å². The molecule has 0 amide bonds. The van der Waals surface area contributed by atoms with Crippen molar-refractivity contribution in [3.63, 3.8) is 0 Å². The Morgan fingerprint density at radius 3 is 3.05 bits per heavy atom. The van der Waals surface area contributed by atoms with Gasteiger partial charge in [0.1, 0.15) is 5.82 Å². The molecule has 1 aromatic carbocycles. The molecule has 0 radical (unpaired) electrons. The number of ether oxygens (including phenoxy) is 1. The van der Waals surface area contributed by atoms with E-state index in [0.29, 0.717) is 11.7 Å². The third-order valence-corrected chi connectivity index (χ3v) is 3.60. The van der Waals surface area contributed by atoms with Gasteiger partial charge in [-0.15, -0.1) is 0 Å². The van der Waals surface area contributed by atoms with E-state index in [-0.39, 0.29) is 12.4 Å². The van der Waals surface area contributed by atoms with E-state index >= 15 is 0 Å². The fourth-order valence-corrected chi connectivity index (χ4v) is 2.67. The SMILES string of the molecule is CCOC1CCCN(Cc2ccc(F)c(CN)c2)C1. The van der Waals surface area contributed by atoms with Crippen molar-refractivity contribution in [1.82, 2.24) is 4.90 Å². The lowest BCUT2D eigenvalue weighted by Gasteiger charge is -2.32. The summed E-state index contributed by atoms with van der Waals surface area (Å²) in [5.74, 6) is -0.211. The van der Waals surface area contributed by atoms with Crippen LogP contribution in [0, 0.1) is 5.82 Å². The summed E-state index contributed by atoms with van der Waals surface area (Å²) >= 11 is 0. The second-order valence-electron chi connectivity index (χ2n) is 5.08. The Bertz CT molecular complexity index is 409. The molecule has 0 aliphatic carbocycles. The van der Waals surface area contributed by atoms with E-state index in [2.05, 4.69) is 4.90 Å². The molecule has 2 N–H and O–H groups in total. The molecule has 1 saturated heterocycles. The van der Waals surface area contributed by atoms with Crippen LogP contribution in [0.1, 0.15) is 30.9 Å². The minimum Gasteiger partial charge on any atom is -0.377 e. The smallest absolute Gasteiger partial charge is 0.127 e. The maximum Gasteiger partial charge on any atom is 0.127 e. The first-order valence-corrected chi connectivity index (χ1v) is 7.04. The molecule has 0 bridgehead atoms. The van der Waals surface area contributed by atoms with E-state index in [1.165, 1.54) is 6.07 Å². The summed E-state index contributed by atoms with van der Waals surface area (Å²) in [4.78, 5) is 2.37. The molecule has 1 fully saturated rings. The van der Waals surface area contributed by atoms with Crippen molar-refractivity contribution in [2.45, 2.75) is 39.0 Å². The molecule has 0 spiro atoms. The number of hydrogen-bond acceptors (Lipinski definition) is 3. The van der Waals surface area contributed by atoms with E-state index in [0.717, 1.165) is 44.6 Å². The van der Waals surface area contributed by atoms with E-state index < -0.39 is 0 Å². The Balaban J connectivity index is 1.96. The highest BCUT2D eigenvalue weighted by molar-refractivity contribution is 5.25. The summed E-state index contributed by atoms with van der Waals surface area (Å²) < 4.78 is 19.1. The minimum atomic E-state index is -0.211. The molecule has 0 aromatic heterocycles. The van der Waals surface area contributed by atoms with Gasteiger partial charge >= 0.3 is 0 Å². The van der Waals surface area contributed by atoms with Gasteiger partial charge in [0.15, 0.2) is 0 Å². The van der Waals surface area contributed by atoms with Gasteiger partial charge in [-0.05, 0) is 37.9 Å². The van der Waals surface area contributed by atoms with Crippen molar-refractivity contribution >= 4 is 0 Å². The Morgan fingerprint density at radius 1 is 1.47 bits per heavy atom. The van der Waals surface area contributed by atoms with Gasteiger partial charge in [-0.1, -0.05) is 12.1 Å². The predicted molar refractivity (Wildman–Crippen MR) is 74.2 cm³/mol. The van der Waals surface area contributed by atoms with E-state index in [1.54, 1.807) is 0 Å². The van der Waals surface area contributed by atoms with Gasteiger partial charge in [0, 0.05) is 31.8 Å². The Hall–Kier alpha value is -0.970. The van der Waals surface area contributed by atoms with Crippen molar-refractivity contribution < 1.29 is 9.13 Å². The number of nitrogens with zero attached hydrogens (tertiary/aromatic N) is 1. The molecule has 1 aliphatic rings. The lowest BCUT2D eigenvalue weighted by atomic mass is 10.1.